The van der Waals surface area contributed by atoms with Gasteiger partial charge >= 0.3 is 0 Å². The molecule has 1 aliphatic heterocycles. The number of benzene rings is 2. The van der Waals surface area contributed by atoms with Crippen LogP contribution in [0.4, 0.5) is 0 Å². The van der Waals surface area contributed by atoms with E-state index in [1.165, 1.54) is 26.3 Å². The maximum atomic E-state index is 12.6. The van der Waals surface area contributed by atoms with E-state index in [9.17, 15) is 18.0 Å². The molecule has 166 valence electrons. The van der Waals surface area contributed by atoms with Gasteiger partial charge in [-0.2, -0.15) is 4.31 Å². The van der Waals surface area contributed by atoms with E-state index in [-0.39, 0.29) is 23.9 Å². The first-order chi connectivity index (χ1) is 14.8. The average molecular weight is 446 g/mol. The molecule has 0 radical (unpaired) electrons. The first kappa shape index (κ1) is 22.8. The van der Waals surface area contributed by atoms with Crippen LogP contribution in [0.5, 0.6) is 5.75 Å². The quantitative estimate of drug-likeness (QED) is 0.635. The van der Waals surface area contributed by atoms with Gasteiger partial charge in [0.15, 0.2) is 0 Å². The van der Waals surface area contributed by atoms with Gasteiger partial charge in [-0.1, -0.05) is 24.3 Å². The zero-order valence-corrected chi connectivity index (χ0v) is 18.5. The Labute approximate surface area is 182 Å². The number of sulfonamides is 1. The van der Waals surface area contributed by atoms with Crippen molar-refractivity contribution in [3.63, 3.8) is 0 Å². The third-order valence-corrected chi connectivity index (χ3v) is 7.01. The molecule has 1 fully saturated rings. The summed E-state index contributed by atoms with van der Waals surface area (Å²) in [6.45, 7) is 1.39. The third-order valence-electron chi connectivity index (χ3n) is 5.19. The number of likely N-dealkylation sites (tertiary alicyclic amines) is 1. The number of likely N-dealkylation sites (N-methyl/N-ethyl adjacent to an activating group) is 1. The predicted molar refractivity (Wildman–Crippen MR) is 116 cm³/mol. The Hall–Kier alpha value is -2.91. The Kier molecular flexibility index (Phi) is 7.29. The van der Waals surface area contributed by atoms with Gasteiger partial charge in [0.2, 0.25) is 21.8 Å². The molecule has 8 nitrogen and oxygen atoms in total. The van der Waals surface area contributed by atoms with Crippen LogP contribution in [0, 0.1) is 0 Å². The summed E-state index contributed by atoms with van der Waals surface area (Å²) in [7, 11) is -0.908. The van der Waals surface area contributed by atoms with Crippen LogP contribution in [0.3, 0.4) is 0 Å². The van der Waals surface area contributed by atoms with Crippen LogP contribution in [0.2, 0.25) is 0 Å². The molecule has 0 aliphatic carbocycles. The van der Waals surface area contributed by atoms with Crippen LogP contribution in [0.15, 0.2) is 53.4 Å². The van der Waals surface area contributed by atoms with Gasteiger partial charge in [0.05, 0.1) is 18.6 Å². The van der Waals surface area contributed by atoms with E-state index in [0.29, 0.717) is 18.7 Å². The fraction of sp³-hybridized carbons (Fsp3) is 0.364. The number of hydrogen-bond acceptors (Lipinski definition) is 5. The fourth-order valence-electron chi connectivity index (χ4n) is 3.33. The van der Waals surface area contributed by atoms with Crippen molar-refractivity contribution in [1.82, 2.24) is 14.5 Å². The van der Waals surface area contributed by atoms with E-state index < -0.39 is 15.9 Å². The van der Waals surface area contributed by atoms with Gasteiger partial charge in [-0.05, 0) is 41.8 Å². The minimum Gasteiger partial charge on any atom is -0.497 e. The van der Waals surface area contributed by atoms with Gasteiger partial charge in [0.25, 0.3) is 0 Å². The van der Waals surface area contributed by atoms with E-state index in [2.05, 4.69) is 5.32 Å². The van der Waals surface area contributed by atoms with Crippen molar-refractivity contribution in [1.29, 1.82) is 0 Å². The zero-order chi connectivity index (χ0) is 22.4. The molecule has 0 unspecified atom stereocenters. The normalized spacial score (nSPS) is 14.2. The smallest absolute Gasteiger partial charge is 0.243 e. The van der Waals surface area contributed by atoms with Gasteiger partial charge in [-0.3, -0.25) is 9.59 Å². The topological polar surface area (TPSA) is 96.0 Å². The largest absolute Gasteiger partial charge is 0.497 e. The van der Waals surface area contributed by atoms with Crippen molar-refractivity contribution in [2.75, 3.05) is 27.2 Å². The van der Waals surface area contributed by atoms with E-state index in [1.54, 1.807) is 12.1 Å². The van der Waals surface area contributed by atoms with Crippen LogP contribution < -0.4 is 10.1 Å². The van der Waals surface area contributed by atoms with E-state index in [1.807, 2.05) is 29.2 Å². The summed E-state index contributed by atoms with van der Waals surface area (Å²) in [5.74, 6) is 0.341. The van der Waals surface area contributed by atoms with E-state index >= 15 is 0 Å². The monoisotopic (exact) mass is 445 g/mol. The molecular formula is C22H27N3O5S. The molecule has 1 heterocycles. The summed E-state index contributed by atoms with van der Waals surface area (Å²) < 4.78 is 31.3. The minimum absolute atomic E-state index is 0.0932. The highest BCUT2D eigenvalue weighted by Crippen LogP contribution is 2.18. The Morgan fingerprint density at radius 1 is 1.10 bits per heavy atom. The highest BCUT2D eigenvalue weighted by atomic mass is 32.2. The number of methoxy groups -OCH3 is 1. The lowest BCUT2D eigenvalue weighted by molar-refractivity contribution is -0.128. The van der Waals surface area contributed by atoms with Crippen molar-refractivity contribution >= 4 is 21.8 Å². The third kappa shape index (κ3) is 5.83. The molecule has 0 aromatic heterocycles. The Bertz CT molecular complexity index is 1020. The predicted octanol–water partition coefficient (Wildman–Crippen LogP) is 1.75. The zero-order valence-electron chi connectivity index (χ0n) is 17.7. The summed E-state index contributed by atoms with van der Waals surface area (Å²) in [5.41, 5.74) is 1.93. The first-order valence-corrected chi connectivity index (χ1v) is 11.5. The molecule has 2 aromatic rings. The Morgan fingerprint density at radius 2 is 1.74 bits per heavy atom. The summed E-state index contributed by atoms with van der Waals surface area (Å²) >= 11 is 0. The fourth-order valence-corrected chi connectivity index (χ4v) is 4.45. The molecule has 1 N–H and O–H groups in total. The number of hydrogen-bond donors (Lipinski definition) is 1. The van der Waals surface area contributed by atoms with Crippen LogP contribution in [-0.2, 0) is 32.7 Å². The number of nitrogens with one attached hydrogen (secondary N) is 1. The second-order valence-corrected chi connectivity index (χ2v) is 9.49. The molecule has 0 atom stereocenters. The molecular weight excluding hydrogens is 418 g/mol. The van der Waals surface area contributed by atoms with Gasteiger partial charge in [0, 0.05) is 33.1 Å². The molecule has 0 bridgehead atoms. The number of nitrogens with zero attached hydrogens (tertiary/aromatic N) is 2. The second-order valence-electron chi connectivity index (χ2n) is 7.45. The highest BCUT2D eigenvalue weighted by molar-refractivity contribution is 7.89. The molecule has 9 heteroatoms. The SMILES string of the molecule is COc1ccc(S(=O)(=O)N(C)CC(=O)NCc2ccc(CN3CCCC3=O)cc2)cc1. The molecule has 1 aliphatic rings. The van der Waals surface area contributed by atoms with Gasteiger partial charge in [-0.15, -0.1) is 0 Å². The molecule has 3 rings (SSSR count). The van der Waals surface area contributed by atoms with Crippen molar-refractivity contribution in [2.24, 2.45) is 0 Å². The first-order valence-electron chi connectivity index (χ1n) is 10.0. The van der Waals surface area contributed by atoms with Crippen LogP contribution in [-0.4, -0.2) is 56.7 Å². The van der Waals surface area contributed by atoms with Gasteiger partial charge in [0.1, 0.15) is 5.75 Å². The Balaban J connectivity index is 1.50. The summed E-state index contributed by atoms with van der Waals surface area (Å²) in [5, 5.41) is 2.74. The van der Waals surface area contributed by atoms with Crippen molar-refractivity contribution in [2.45, 2.75) is 30.8 Å². The van der Waals surface area contributed by atoms with Crippen LogP contribution in [0.1, 0.15) is 24.0 Å². The second kappa shape index (κ2) is 9.93. The van der Waals surface area contributed by atoms with E-state index in [0.717, 1.165) is 28.4 Å². The minimum atomic E-state index is -3.78. The molecule has 0 saturated carbocycles. The standard InChI is InChI=1S/C22H27N3O5S/c1-24(31(28,29)20-11-9-19(30-2)10-12-20)16-21(26)23-14-17-5-7-18(8-6-17)15-25-13-3-4-22(25)27/h5-12H,3-4,13-16H2,1-2H3,(H,23,26). The summed E-state index contributed by atoms with van der Waals surface area (Å²) in [4.78, 5) is 25.9. The van der Waals surface area contributed by atoms with Crippen LogP contribution in [0.25, 0.3) is 0 Å². The highest BCUT2D eigenvalue weighted by Gasteiger charge is 2.23. The van der Waals surface area contributed by atoms with E-state index in [4.69, 9.17) is 4.74 Å². The lowest BCUT2D eigenvalue weighted by atomic mass is 10.1. The molecule has 31 heavy (non-hydrogen) atoms. The number of rotatable bonds is 9. The number of ether oxygens (including phenoxy) is 1. The lowest BCUT2D eigenvalue weighted by Crippen LogP contribution is -2.38. The van der Waals surface area contributed by atoms with Crippen molar-refractivity contribution in [3.8, 4) is 5.75 Å². The maximum Gasteiger partial charge on any atom is 0.243 e. The molecule has 2 aromatic carbocycles. The average Bonchev–Trinajstić information content (AvgIpc) is 3.17. The number of carbonyl (C=O) groups is 2. The molecule has 0 spiro atoms. The number of carbonyl (C=O) groups excluding carboxylic acids is 2. The lowest BCUT2D eigenvalue weighted by Gasteiger charge is -2.17. The number of amides is 2. The molecule has 2 amide bonds. The Morgan fingerprint density at radius 3 is 2.32 bits per heavy atom. The maximum absolute atomic E-state index is 12.6. The summed E-state index contributed by atoms with van der Waals surface area (Å²) in [6.07, 6.45) is 1.53. The summed E-state index contributed by atoms with van der Waals surface area (Å²) in [6, 6.07) is 13.7. The van der Waals surface area contributed by atoms with Crippen LogP contribution >= 0.6 is 0 Å². The van der Waals surface area contributed by atoms with Crippen molar-refractivity contribution in [3.05, 3.63) is 59.7 Å². The van der Waals surface area contributed by atoms with Gasteiger partial charge in [-0.25, -0.2) is 8.42 Å². The molecule has 1 saturated heterocycles. The van der Waals surface area contributed by atoms with Crippen molar-refractivity contribution < 1.29 is 22.7 Å². The van der Waals surface area contributed by atoms with Gasteiger partial charge < -0.3 is 15.0 Å².